The second-order valence-electron chi connectivity index (χ2n) is 7.01. The highest BCUT2D eigenvalue weighted by atomic mass is 35.5. The fourth-order valence-corrected chi connectivity index (χ4v) is 4.53. The van der Waals surface area contributed by atoms with Crippen LogP contribution >= 0.6 is 35.0 Å². The Morgan fingerprint density at radius 1 is 1.06 bits per heavy atom. The minimum atomic E-state index is -0.222. The lowest BCUT2D eigenvalue weighted by Crippen LogP contribution is -2.24. The number of benzene rings is 1. The average molecular weight is 491 g/mol. The van der Waals surface area contributed by atoms with Crippen molar-refractivity contribution in [2.75, 3.05) is 13.2 Å². The molecule has 3 aromatic heterocycles. The molecule has 0 unspecified atom stereocenters. The molecule has 0 aliphatic heterocycles. The number of halogens is 2. The van der Waals surface area contributed by atoms with Gasteiger partial charge in [0, 0.05) is 42.8 Å². The quantitative estimate of drug-likeness (QED) is 0.206. The number of ether oxygens (including phenoxy) is 1. The van der Waals surface area contributed by atoms with Gasteiger partial charge in [0.1, 0.15) is 5.65 Å². The molecule has 10 heteroatoms. The Kier molecular flexibility index (Phi) is 7.15. The van der Waals surface area contributed by atoms with E-state index in [9.17, 15) is 9.59 Å². The third kappa shape index (κ3) is 4.99. The van der Waals surface area contributed by atoms with Gasteiger partial charge < -0.3 is 4.74 Å². The lowest BCUT2D eigenvalue weighted by Gasteiger charge is -2.13. The second kappa shape index (κ2) is 10.0. The van der Waals surface area contributed by atoms with Crippen LogP contribution in [0.15, 0.2) is 57.3 Å². The smallest absolute Gasteiger partial charge is 0.262 e. The van der Waals surface area contributed by atoms with Gasteiger partial charge in [-0.05, 0) is 43.7 Å². The number of fused-ring (bicyclic) bond motifs is 2. The van der Waals surface area contributed by atoms with Gasteiger partial charge in [0.2, 0.25) is 0 Å². The molecule has 0 bridgehead atoms. The van der Waals surface area contributed by atoms with Crippen LogP contribution in [0.3, 0.4) is 0 Å². The van der Waals surface area contributed by atoms with Gasteiger partial charge in [0.15, 0.2) is 5.16 Å². The van der Waals surface area contributed by atoms with Gasteiger partial charge in [-0.25, -0.2) is 9.97 Å². The Labute approximate surface area is 198 Å². The molecule has 0 amide bonds. The Balaban J connectivity index is 1.67. The predicted molar refractivity (Wildman–Crippen MR) is 128 cm³/mol. The van der Waals surface area contributed by atoms with E-state index in [0.29, 0.717) is 69.4 Å². The molecule has 0 spiro atoms. The summed E-state index contributed by atoms with van der Waals surface area (Å²) in [4.78, 5) is 34.8. The molecule has 1 aromatic carbocycles. The first-order valence-electron chi connectivity index (χ1n) is 10.0. The van der Waals surface area contributed by atoms with Crippen LogP contribution in [0.4, 0.5) is 0 Å². The Morgan fingerprint density at radius 3 is 2.69 bits per heavy atom. The highest BCUT2D eigenvalue weighted by molar-refractivity contribution is 7.98. The van der Waals surface area contributed by atoms with Crippen molar-refractivity contribution >= 4 is 51.5 Å². The fourth-order valence-electron chi connectivity index (χ4n) is 3.29. The topological polar surface area (TPSA) is 78.5 Å². The van der Waals surface area contributed by atoms with E-state index in [1.165, 1.54) is 28.4 Å². The molecule has 0 N–H and O–H groups in total. The molecule has 4 rings (SSSR count). The number of hydrogen-bond acceptors (Lipinski definition) is 6. The number of nitrogens with zero attached hydrogens (tertiary/aromatic N) is 4. The summed E-state index contributed by atoms with van der Waals surface area (Å²) >= 11 is 13.4. The van der Waals surface area contributed by atoms with E-state index in [0.717, 1.165) is 0 Å². The van der Waals surface area contributed by atoms with Gasteiger partial charge >= 0.3 is 0 Å². The van der Waals surface area contributed by atoms with Crippen LogP contribution in [0.1, 0.15) is 19.0 Å². The summed E-state index contributed by atoms with van der Waals surface area (Å²) < 4.78 is 8.46. The van der Waals surface area contributed by atoms with Crippen molar-refractivity contribution in [1.82, 2.24) is 18.9 Å². The maximum absolute atomic E-state index is 13.1. The maximum atomic E-state index is 13.1. The third-order valence-electron chi connectivity index (χ3n) is 4.78. The predicted octanol–water partition coefficient (Wildman–Crippen LogP) is 4.43. The highest BCUT2D eigenvalue weighted by Crippen LogP contribution is 2.23. The number of aromatic nitrogens is 4. The first-order chi connectivity index (χ1) is 15.5. The van der Waals surface area contributed by atoms with Crippen molar-refractivity contribution in [2.24, 2.45) is 0 Å². The van der Waals surface area contributed by atoms with Gasteiger partial charge in [0.05, 0.1) is 21.6 Å². The molecule has 7 nitrogen and oxygen atoms in total. The lowest BCUT2D eigenvalue weighted by molar-refractivity contribution is 0.140. The van der Waals surface area contributed by atoms with Crippen molar-refractivity contribution in [3.8, 4) is 0 Å². The third-order valence-corrected chi connectivity index (χ3v) is 6.25. The number of hydrogen-bond donors (Lipinski definition) is 0. The van der Waals surface area contributed by atoms with Crippen molar-refractivity contribution in [1.29, 1.82) is 0 Å². The zero-order valence-corrected chi connectivity index (χ0v) is 19.6. The largest absolute Gasteiger partial charge is 0.382 e. The van der Waals surface area contributed by atoms with Crippen LogP contribution in [-0.2, 0) is 17.0 Å². The number of rotatable bonds is 8. The van der Waals surface area contributed by atoms with Crippen molar-refractivity contribution in [2.45, 2.75) is 30.8 Å². The summed E-state index contributed by atoms with van der Waals surface area (Å²) in [5.41, 5.74) is 1.27. The van der Waals surface area contributed by atoms with Crippen LogP contribution in [0, 0.1) is 0 Å². The maximum Gasteiger partial charge on any atom is 0.262 e. The Morgan fingerprint density at radius 2 is 1.88 bits per heavy atom. The molecule has 0 fully saturated rings. The monoisotopic (exact) mass is 490 g/mol. The van der Waals surface area contributed by atoms with Crippen LogP contribution in [0.5, 0.6) is 0 Å². The summed E-state index contributed by atoms with van der Waals surface area (Å²) in [6.45, 7) is 3.58. The molecular formula is C22H20Cl2N4O3S. The van der Waals surface area contributed by atoms with Gasteiger partial charge in [-0.2, -0.15) is 0 Å². The average Bonchev–Trinajstić information content (AvgIpc) is 2.77. The summed E-state index contributed by atoms with van der Waals surface area (Å²) in [5, 5.41) is 2.02. The minimum absolute atomic E-state index is 0.133. The first-order valence-corrected chi connectivity index (χ1v) is 11.8. The van der Waals surface area contributed by atoms with Gasteiger partial charge in [-0.1, -0.05) is 35.0 Å². The molecule has 166 valence electrons. The van der Waals surface area contributed by atoms with Crippen molar-refractivity contribution in [3.05, 3.63) is 79.0 Å². The van der Waals surface area contributed by atoms with Crippen LogP contribution in [0.25, 0.3) is 16.6 Å². The van der Waals surface area contributed by atoms with Crippen LogP contribution < -0.4 is 11.1 Å². The van der Waals surface area contributed by atoms with E-state index in [1.807, 2.05) is 6.92 Å². The number of thioether (sulfide) groups is 1. The molecular weight excluding hydrogens is 471 g/mol. The fraction of sp³-hybridized carbons (Fsp3) is 0.273. The van der Waals surface area contributed by atoms with E-state index in [1.54, 1.807) is 34.9 Å². The minimum Gasteiger partial charge on any atom is -0.382 e. The SMILES string of the molecule is CCOCCCn1c(SCc2cc(=O)n3cc(Cl)ccc3n2)nc2cc(Cl)ccc2c1=O. The molecule has 3 heterocycles. The van der Waals surface area contributed by atoms with E-state index < -0.39 is 0 Å². The molecule has 0 radical (unpaired) electrons. The standard InChI is InChI=1S/C22H20Cl2N4O3S/c1-2-31-9-3-8-27-21(30)17-6-4-14(23)10-18(17)26-22(27)32-13-16-11-20(29)28-12-15(24)5-7-19(28)25-16/h4-7,10-12H,2-3,8-9,13H2,1H3. The zero-order chi connectivity index (χ0) is 22.7. The first kappa shape index (κ1) is 22.8. The van der Waals surface area contributed by atoms with Crippen molar-refractivity contribution in [3.63, 3.8) is 0 Å². The molecule has 0 aliphatic rings. The molecule has 0 saturated heterocycles. The van der Waals surface area contributed by atoms with E-state index in [2.05, 4.69) is 9.97 Å². The summed E-state index contributed by atoms with van der Waals surface area (Å²) in [6.07, 6.45) is 2.21. The van der Waals surface area contributed by atoms with Gasteiger partial charge in [-0.15, -0.1) is 0 Å². The molecule has 32 heavy (non-hydrogen) atoms. The van der Waals surface area contributed by atoms with E-state index in [-0.39, 0.29) is 11.1 Å². The summed E-state index contributed by atoms with van der Waals surface area (Å²) in [7, 11) is 0. The van der Waals surface area contributed by atoms with E-state index >= 15 is 0 Å². The Hall–Kier alpha value is -2.39. The molecule has 0 saturated carbocycles. The highest BCUT2D eigenvalue weighted by Gasteiger charge is 2.13. The molecule has 0 aliphatic carbocycles. The normalized spacial score (nSPS) is 11.5. The van der Waals surface area contributed by atoms with Crippen LogP contribution in [0.2, 0.25) is 10.0 Å². The van der Waals surface area contributed by atoms with E-state index in [4.69, 9.17) is 27.9 Å². The lowest BCUT2D eigenvalue weighted by atomic mass is 10.2. The van der Waals surface area contributed by atoms with Gasteiger partial charge in [-0.3, -0.25) is 18.6 Å². The Bertz CT molecular complexity index is 1400. The molecule has 0 atom stereocenters. The number of pyridine rings is 1. The van der Waals surface area contributed by atoms with Gasteiger partial charge in [0.25, 0.3) is 11.1 Å². The molecule has 4 aromatic rings. The summed E-state index contributed by atoms with van der Waals surface area (Å²) in [6, 6.07) is 9.90. The van der Waals surface area contributed by atoms with Crippen LogP contribution in [-0.4, -0.2) is 32.1 Å². The summed E-state index contributed by atoms with van der Waals surface area (Å²) in [5.74, 6) is 0.373. The zero-order valence-electron chi connectivity index (χ0n) is 17.3. The van der Waals surface area contributed by atoms with Crippen molar-refractivity contribution < 1.29 is 4.74 Å². The second-order valence-corrected chi connectivity index (χ2v) is 8.83.